The summed E-state index contributed by atoms with van der Waals surface area (Å²) in [6.07, 6.45) is 4.38. The number of fused-ring (bicyclic) bond motifs is 1. The predicted molar refractivity (Wildman–Crippen MR) is 101 cm³/mol. The van der Waals surface area contributed by atoms with Gasteiger partial charge in [-0.3, -0.25) is 4.79 Å². The summed E-state index contributed by atoms with van der Waals surface area (Å²) in [7, 11) is 0. The Morgan fingerprint density at radius 3 is 2.71 bits per heavy atom. The summed E-state index contributed by atoms with van der Waals surface area (Å²) in [6.45, 7) is 1.02. The van der Waals surface area contributed by atoms with Crippen molar-refractivity contribution in [3.05, 3.63) is 33.9 Å². The van der Waals surface area contributed by atoms with Crippen molar-refractivity contribution in [2.24, 2.45) is 11.7 Å². The van der Waals surface area contributed by atoms with Gasteiger partial charge < -0.3 is 25.4 Å². The van der Waals surface area contributed by atoms with Gasteiger partial charge in [-0.25, -0.2) is 14.2 Å². The zero-order chi connectivity index (χ0) is 20.0. The lowest BCUT2D eigenvalue weighted by Gasteiger charge is -2.37. The number of aliphatic hydroxyl groups is 1. The summed E-state index contributed by atoms with van der Waals surface area (Å²) in [4.78, 5) is 30.1. The van der Waals surface area contributed by atoms with E-state index in [1.54, 1.807) is 9.47 Å². The largest absolute Gasteiger partial charge is 0.477 e. The van der Waals surface area contributed by atoms with Gasteiger partial charge in [-0.05, 0) is 37.7 Å². The van der Waals surface area contributed by atoms with Gasteiger partial charge in [0.1, 0.15) is 11.2 Å². The molecule has 0 amide bonds. The van der Waals surface area contributed by atoms with Crippen molar-refractivity contribution < 1.29 is 19.4 Å². The highest BCUT2D eigenvalue weighted by Crippen LogP contribution is 2.37. The van der Waals surface area contributed by atoms with Gasteiger partial charge in [0.25, 0.3) is 0 Å². The van der Waals surface area contributed by atoms with Crippen LogP contribution < -0.4 is 16.1 Å². The number of halogens is 1. The van der Waals surface area contributed by atoms with Crippen molar-refractivity contribution in [2.45, 2.75) is 37.8 Å². The monoisotopic (exact) mass is 390 g/mol. The van der Waals surface area contributed by atoms with E-state index >= 15 is 0 Å². The normalized spacial score (nSPS) is 22.6. The summed E-state index contributed by atoms with van der Waals surface area (Å²) in [5.41, 5.74) is 5.40. The molecule has 2 fully saturated rings. The molecule has 28 heavy (non-hydrogen) atoms. The maximum Gasteiger partial charge on any atom is 0.341 e. The molecule has 0 spiro atoms. The Hall–Kier alpha value is -2.52. The van der Waals surface area contributed by atoms with Crippen LogP contribution in [0.15, 0.2) is 17.1 Å². The van der Waals surface area contributed by atoms with Crippen LogP contribution in [0.3, 0.4) is 0 Å². The number of hydrogen-bond donors (Lipinski definition) is 3. The van der Waals surface area contributed by atoms with E-state index in [2.05, 4.69) is 4.98 Å². The van der Waals surface area contributed by atoms with E-state index in [9.17, 15) is 19.1 Å². The van der Waals surface area contributed by atoms with E-state index < -0.39 is 17.2 Å². The third-order valence-corrected chi connectivity index (χ3v) is 5.72. The SMILES string of the molecule is NC1CN(c2nc3c(cc2F)c(=O)c(C(=O)O)cn3C2CC2)CCC1CCO. The fourth-order valence-corrected chi connectivity index (χ4v) is 3.99. The first-order valence-electron chi connectivity index (χ1n) is 9.50. The molecule has 1 saturated heterocycles. The molecule has 0 radical (unpaired) electrons. The predicted octanol–water partition coefficient (Wildman–Crippen LogP) is 1.10. The number of carboxylic acid groups (broad SMARTS) is 1. The topological polar surface area (TPSA) is 122 Å². The fourth-order valence-electron chi connectivity index (χ4n) is 3.99. The van der Waals surface area contributed by atoms with Crippen LogP contribution in [-0.2, 0) is 0 Å². The van der Waals surface area contributed by atoms with Crippen LogP contribution in [0, 0.1) is 11.7 Å². The number of piperidine rings is 1. The molecule has 2 aliphatic rings. The average Bonchev–Trinajstić information content (AvgIpc) is 3.49. The molecule has 2 aromatic rings. The zero-order valence-electron chi connectivity index (χ0n) is 15.3. The third kappa shape index (κ3) is 3.24. The molecule has 150 valence electrons. The van der Waals surface area contributed by atoms with Crippen LogP contribution in [0.1, 0.15) is 42.1 Å². The van der Waals surface area contributed by atoms with Crippen molar-refractivity contribution in [2.75, 3.05) is 24.6 Å². The number of pyridine rings is 2. The first kappa shape index (κ1) is 18.8. The van der Waals surface area contributed by atoms with Crippen LogP contribution in [0.4, 0.5) is 10.2 Å². The van der Waals surface area contributed by atoms with Gasteiger partial charge in [0, 0.05) is 38.0 Å². The van der Waals surface area contributed by atoms with Gasteiger partial charge >= 0.3 is 5.97 Å². The average molecular weight is 390 g/mol. The van der Waals surface area contributed by atoms with Crippen LogP contribution in [0.2, 0.25) is 0 Å². The number of nitrogens with two attached hydrogens (primary N) is 1. The molecule has 2 unspecified atom stereocenters. The van der Waals surface area contributed by atoms with Gasteiger partial charge in [-0.15, -0.1) is 0 Å². The number of anilines is 1. The maximum absolute atomic E-state index is 14.9. The minimum absolute atomic E-state index is 0.0208. The highest BCUT2D eigenvalue weighted by Gasteiger charge is 2.31. The number of rotatable bonds is 5. The van der Waals surface area contributed by atoms with Crippen LogP contribution in [0.25, 0.3) is 11.0 Å². The molecule has 3 heterocycles. The van der Waals surface area contributed by atoms with Gasteiger partial charge in [-0.2, -0.15) is 0 Å². The first-order chi connectivity index (χ1) is 13.4. The standard InChI is InChI=1S/C19H23FN4O4/c20-14-7-12-16(26)13(19(27)28)8-24(11-1-2-11)17(12)22-18(14)23-5-3-10(4-6-25)15(21)9-23/h7-8,10-11,15,25H,1-6,9,21H2,(H,27,28). The molecule has 9 heteroatoms. The lowest BCUT2D eigenvalue weighted by atomic mass is 9.89. The van der Waals surface area contributed by atoms with Gasteiger partial charge in [-0.1, -0.05) is 0 Å². The molecule has 1 aliphatic heterocycles. The Labute approximate surface area is 160 Å². The van der Waals surface area contributed by atoms with Crippen molar-refractivity contribution in [3.8, 4) is 0 Å². The second kappa shape index (κ2) is 7.14. The molecule has 4 N–H and O–H groups in total. The molecular formula is C19H23FN4O4. The third-order valence-electron chi connectivity index (χ3n) is 5.72. The quantitative estimate of drug-likeness (QED) is 0.699. The van der Waals surface area contributed by atoms with Crippen molar-refractivity contribution in [1.82, 2.24) is 9.55 Å². The number of aliphatic hydroxyl groups excluding tert-OH is 1. The Morgan fingerprint density at radius 1 is 1.36 bits per heavy atom. The molecule has 2 atom stereocenters. The molecule has 4 rings (SSSR count). The highest BCUT2D eigenvalue weighted by atomic mass is 19.1. The van der Waals surface area contributed by atoms with Crippen LogP contribution >= 0.6 is 0 Å². The number of hydrogen-bond acceptors (Lipinski definition) is 6. The Morgan fingerprint density at radius 2 is 2.11 bits per heavy atom. The smallest absolute Gasteiger partial charge is 0.341 e. The van der Waals surface area contributed by atoms with Crippen molar-refractivity contribution in [3.63, 3.8) is 0 Å². The Kier molecular flexibility index (Phi) is 4.80. The molecule has 0 aromatic carbocycles. The second-order valence-corrected chi connectivity index (χ2v) is 7.65. The Balaban J connectivity index is 1.78. The maximum atomic E-state index is 14.9. The summed E-state index contributed by atoms with van der Waals surface area (Å²) < 4.78 is 16.5. The van der Waals surface area contributed by atoms with E-state index in [0.717, 1.165) is 18.9 Å². The lowest BCUT2D eigenvalue weighted by molar-refractivity contribution is 0.0695. The number of nitrogens with zero attached hydrogens (tertiary/aromatic N) is 3. The second-order valence-electron chi connectivity index (χ2n) is 7.65. The van der Waals surface area contributed by atoms with Crippen molar-refractivity contribution in [1.29, 1.82) is 0 Å². The minimum Gasteiger partial charge on any atom is -0.477 e. The van der Waals surface area contributed by atoms with Crippen LogP contribution in [0.5, 0.6) is 0 Å². The van der Waals surface area contributed by atoms with E-state index in [0.29, 0.717) is 31.6 Å². The van der Waals surface area contributed by atoms with Gasteiger partial charge in [0.2, 0.25) is 5.43 Å². The molecule has 0 bridgehead atoms. The molecular weight excluding hydrogens is 367 g/mol. The summed E-state index contributed by atoms with van der Waals surface area (Å²) in [6, 6.07) is 0.957. The molecule has 1 aliphatic carbocycles. The lowest BCUT2D eigenvalue weighted by Crippen LogP contribution is -2.49. The Bertz CT molecular complexity index is 988. The number of aromatic nitrogens is 2. The van der Waals surface area contributed by atoms with E-state index in [-0.39, 0.29) is 41.4 Å². The number of aromatic carboxylic acids is 1. The van der Waals surface area contributed by atoms with E-state index in [1.165, 1.54) is 6.20 Å². The minimum atomic E-state index is -1.33. The molecule has 8 nitrogen and oxygen atoms in total. The van der Waals surface area contributed by atoms with Gasteiger partial charge in [0.05, 0.1) is 5.39 Å². The van der Waals surface area contributed by atoms with Crippen LogP contribution in [-0.4, -0.2) is 51.5 Å². The summed E-state index contributed by atoms with van der Waals surface area (Å²) in [5.74, 6) is -1.69. The fraction of sp³-hybridized carbons (Fsp3) is 0.526. The zero-order valence-corrected chi connectivity index (χ0v) is 15.3. The number of carbonyl (C=O) groups is 1. The number of carboxylic acids is 1. The van der Waals surface area contributed by atoms with E-state index in [1.807, 2.05) is 0 Å². The van der Waals surface area contributed by atoms with Gasteiger partial charge in [0.15, 0.2) is 11.6 Å². The molecule has 2 aromatic heterocycles. The van der Waals surface area contributed by atoms with Crippen molar-refractivity contribution >= 4 is 22.8 Å². The highest BCUT2D eigenvalue weighted by molar-refractivity contribution is 5.92. The first-order valence-corrected chi connectivity index (χ1v) is 9.50. The van der Waals surface area contributed by atoms with E-state index in [4.69, 9.17) is 10.8 Å². The summed E-state index contributed by atoms with van der Waals surface area (Å²) in [5, 5.41) is 18.4. The molecule has 1 saturated carbocycles. The summed E-state index contributed by atoms with van der Waals surface area (Å²) >= 11 is 0.